The quantitative estimate of drug-likeness (QED) is 0.378. The van der Waals surface area contributed by atoms with Crippen molar-refractivity contribution in [3.05, 3.63) is 99.5 Å². The molecule has 1 aliphatic rings. The van der Waals surface area contributed by atoms with Gasteiger partial charge >= 0.3 is 6.18 Å². The first-order valence-electron chi connectivity index (χ1n) is 12.9. The minimum absolute atomic E-state index is 0.00536. The summed E-state index contributed by atoms with van der Waals surface area (Å²) in [5, 5.41) is 13.5. The van der Waals surface area contributed by atoms with Crippen molar-refractivity contribution in [2.24, 2.45) is 0 Å². The van der Waals surface area contributed by atoms with Gasteiger partial charge in [-0.25, -0.2) is 0 Å². The second kappa shape index (κ2) is 14.5. The van der Waals surface area contributed by atoms with E-state index in [2.05, 4.69) is 60.8 Å². The SMILES string of the molecule is C[C@@H](NC(=O)CCC[NH+]1CCc2ccccc21)[C@H](Cc1ccc(Cl)cc1)c1ccc(Cl)cc1.O=C([O-])C(F)(F)F. The Labute approximate surface area is 241 Å². The van der Waals surface area contributed by atoms with Crippen molar-refractivity contribution in [1.29, 1.82) is 0 Å². The van der Waals surface area contributed by atoms with Gasteiger partial charge in [0.1, 0.15) is 11.7 Å². The lowest BCUT2D eigenvalue weighted by Crippen LogP contribution is -3.06. The molecule has 0 radical (unpaired) electrons. The van der Waals surface area contributed by atoms with E-state index in [1.807, 2.05) is 24.3 Å². The lowest BCUT2D eigenvalue weighted by atomic mass is 9.86. The molecule has 0 fully saturated rings. The fourth-order valence-electron chi connectivity index (χ4n) is 4.82. The van der Waals surface area contributed by atoms with Gasteiger partial charge in [0, 0.05) is 46.8 Å². The molecule has 0 aromatic heterocycles. The Morgan fingerprint density at radius 3 is 2.15 bits per heavy atom. The lowest BCUT2D eigenvalue weighted by molar-refractivity contribution is -0.826. The zero-order valence-electron chi connectivity index (χ0n) is 21.9. The number of quaternary nitrogens is 1. The molecule has 0 spiro atoms. The first-order chi connectivity index (χ1) is 18.9. The molecule has 0 bridgehead atoms. The summed E-state index contributed by atoms with van der Waals surface area (Å²) in [6.07, 6.45) is -1.83. The molecule has 3 aromatic carbocycles. The molecule has 1 unspecified atom stereocenters. The van der Waals surface area contributed by atoms with E-state index >= 15 is 0 Å². The summed E-state index contributed by atoms with van der Waals surface area (Å²) in [4.78, 5) is 23.1. The molecule has 214 valence electrons. The van der Waals surface area contributed by atoms with Gasteiger partial charge in [-0.1, -0.05) is 65.7 Å². The van der Waals surface area contributed by atoms with Crippen LogP contribution in [0.4, 0.5) is 18.9 Å². The van der Waals surface area contributed by atoms with Gasteiger partial charge in [0.2, 0.25) is 5.91 Å². The van der Waals surface area contributed by atoms with Crippen LogP contribution in [0, 0.1) is 0 Å². The molecule has 3 atom stereocenters. The number of fused-ring (bicyclic) bond motifs is 1. The molecule has 10 heteroatoms. The van der Waals surface area contributed by atoms with E-state index in [0.717, 1.165) is 37.4 Å². The van der Waals surface area contributed by atoms with Gasteiger partial charge < -0.3 is 20.1 Å². The Hall–Kier alpha value is -3.07. The molecule has 5 nitrogen and oxygen atoms in total. The Morgan fingerprint density at radius 2 is 1.55 bits per heavy atom. The lowest BCUT2D eigenvalue weighted by Gasteiger charge is -2.26. The van der Waals surface area contributed by atoms with Crippen molar-refractivity contribution in [3.63, 3.8) is 0 Å². The normalized spacial score (nSPS) is 15.8. The summed E-state index contributed by atoms with van der Waals surface area (Å²) in [6.45, 7) is 4.20. The third-order valence-electron chi connectivity index (χ3n) is 6.87. The van der Waals surface area contributed by atoms with Gasteiger partial charge in [-0.15, -0.1) is 0 Å². The maximum absolute atomic E-state index is 12.8. The average molecular weight is 595 g/mol. The molecule has 4 rings (SSSR count). The van der Waals surface area contributed by atoms with Crippen molar-refractivity contribution in [1.82, 2.24) is 5.32 Å². The number of alkyl halides is 3. The second-order valence-electron chi connectivity index (χ2n) is 9.74. The van der Waals surface area contributed by atoms with Crippen LogP contribution in [0.5, 0.6) is 0 Å². The monoisotopic (exact) mass is 594 g/mol. The second-order valence-corrected chi connectivity index (χ2v) is 10.6. The van der Waals surface area contributed by atoms with Crippen LogP contribution in [0.25, 0.3) is 0 Å². The highest BCUT2D eigenvalue weighted by Crippen LogP contribution is 2.27. The summed E-state index contributed by atoms with van der Waals surface area (Å²) in [5.41, 5.74) is 5.20. The van der Waals surface area contributed by atoms with Gasteiger partial charge in [-0.05, 0) is 54.8 Å². The first kappa shape index (κ1) is 31.5. The van der Waals surface area contributed by atoms with Crippen LogP contribution in [0.15, 0.2) is 72.8 Å². The number of rotatable bonds is 9. The molecule has 1 amide bonds. The van der Waals surface area contributed by atoms with Gasteiger partial charge in [-0.3, -0.25) is 4.79 Å². The largest absolute Gasteiger partial charge is 0.542 e. The number of carboxylic acids is 1. The Kier molecular flexibility index (Phi) is 11.4. The topological polar surface area (TPSA) is 73.7 Å². The van der Waals surface area contributed by atoms with Crippen molar-refractivity contribution in [2.45, 2.75) is 50.7 Å². The highest BCUT2D eigenvalue weighted by molar-refractivity contribution is 6.30. The first-order valence-corrected chi connectivity index (χ1v) is 13.7. The minimum atomic E-state index is -5.19. The molecule has 0 aliphatic carbocycles. The molecule has 3 aromatic rings. The average Bonchev–Trinajstić information content (AvgIpc) is 3.32. The fraction of sp³-hybridized carbons (Fsp3) is 0.333. The predicted octanol–water partition coefficient (Wildman–Crippen LogP) is 4.68. The molecule has 1 heterocycles. The zero-order valence-corrected chi connectivity index (χ0v) is 23.5. The van der Waals surface area contributed by atoms with Gasteiger partial charge in [0.05, 0.1) is 13.1 Å². The minimum Gasteiger partial charge on any atom is -0.542 e. The highest BCUT2D eigenvalue weighted by atomic mass is 35.5. The maximum atomic E-state index is 12.8. The highest BCUT2D eigenvalue weighted by Gasteiger charge is 2.29. The molecule has 2 N–H and O–H groups in total. The molecule has 1 aliphatic heterocycles. The van der Waals surface area contributed by atoms with E-state index in [9.17, 15) is 18.0 Å². The third kappa shape index (κ3) is 9.54. The predicted molar refractivity (Wildman–Crippen MR) is 148 cm³/mol. The van der Waals surface area contributed by atoms with Crippen LogP contribution in [0.1, 0.15) is 42.4 Å². The van der Waals surface area contributed by atoms with Crippen molar-refractivity contribution >= 4 is 40.8 Å². The van der Waals surface area contributed by atoms with E-state index in [0.29, 0.717) is 11.4 Å². The van der Waals surface area contributed by atoms with Gasteiger partial charge in [0.25, 0.3) is 0 Å². The number of benzene rings is 3. The number of carbonyl (C=O) groups excluding carboxylic acids is 2. The number of nitrogens with one attached hydrogen (secondary N) is 2. The Bertz CT molecular complexity index is 1270. The number of aliphatic carboxylic acids is 1. The Balaban J connectivity index is 0.000000559. The zero-order chi connectivity index (χ0) is 29.3. The van der Waals surface area contributed by atoms with Crippen molar-refractivity contribution in [3.8, 4) is 0 Å². The van der Waals surface area contributed by atoms with Gasteiger partial charge in [-0.2, -0.15) is 13.2 Å². The third-order valence-corrected chi connectivity index (χ3v) is 7.37. The van der Waals surface area contributed by atoms with Crippen LogP contribution >= 0.6 is 23.2 Å². The summed E-state index contributed by atoms with van der Waals surface area (Å²) < 4.78 is 31.5. The van der Waals surface area contributed by atoms with Gasteiger partial charge in [0.15, 0.2) is 0 Å². The van der Waals surface area contributed by atoms with Crippen LogP contribution in [-0.2, 0) is 22.4 Å². The number of carboxylic acid groups (broad SMARTS) is 1. The number of halogens is 5. The van der Waals surface area contributed by atoms with Crippen molar-refractivity contribution in [2.75, 3.05) is 13.1 Å². The number of amides is 1. The number of hydrogen-bond acceptors (Lipinski definition) is 3. The number of para-hydroxylation sites is 1. The number of carbonyl (C=O) groups is 2. The number of hydrogen-bond donors (Lipinski definition) is 2. The molecule has 40 heavy (non-hydrogen) atoms. The summed E-state index contributed by atoms with van der Waals surface area (Å²) in [7, 11) is 0. The van der Waals surface area contributed by atoms with E-state index in [1.165, 1.54) is 27.3 Å². The van der Waals surface area contributed by atoms with E-state index in [-0.39, 0.29) is 17.9 Å². The summed E-state index contributed by atoms with van der Waals surface area (Å²) >= 11 is 12.2. The van der Waals surface area contributed by atoms with E-state index in [4.69, 9.17) is 33.1 Å². The van der Waals surface area contributed by atoms with E-state index < -0.39 is 12.1 Å². The molecular formula is C30H31Cl2F3N2O3. The maximum Gasteiger partial charge on any atom is 0.430 e. The van der Waals surface area contributed by atoms with Crippen LogP contribution in [0.3, 0.4) is 0 Å². The van der Waals surface area contributed by atoms with Crippen LogP contribution in [0.2, 0.25) is 10.0 Å². The Morgan fingerprint density at radius 1 is 0.975 bits per heavy atom. The molecule has 0 saturated heterocycles. The smallest absolute Gasteiger partial charge is 0.430 e. The standard InChI is InChI=1S/C28H30Cl2N2O.C2HF3O2/c1-20(31-28(33)7-4-17-32-18-16-23-5-2-3-6-27(23)32)26(22-10-14-25(30)15-11-22)19-21-8-12-24(29)13-9-21;3-2(4,5)1(6)7/h2-3,5-6,8-15,20,26H,4,7,16-19H2,1H3,(H,31,33);(H,6,7)/t20-,26+;/m1./s1. The molecule has 0 saturated carbocycles. The fourth-order valence-corrected chi connectivity index (χ4v) is 5.07. The summed E-state index contributed by atoms with van der Waals surface area (Å²) in [5.74, 6) is -2.75. The van der Waals surface area contributed by atoms with Crippen LogP contribution < -0.4 is 15.3 Å². The van der Waals surface area contributed by atoms with Crippen LogP contribution in [-0.4, -0.2) is 37.2 Å². The summed E-state index contributed by atoms with van der Waals surface area (Å²) in [6, 6.07) is 24.5. The van der Waals surface area contributed by atoms with Crippen molar-refractivity contribution < 1.29 is 32.8 Å². The van der Waals surface area contributed by atoms with E-state index in [1.54, 1.807) is 0 Å². The molecular weight excluding hydrogens is 564 g/mol.